The molecule has 0 aliphatic heterocycles. The van der Waals surface area contributed by atoms with Crippen molar-refractivity contribution in [3.63, 3.8) is 0 Å². The summed E-state index contributed by atoms with van der Waals surface area (Å²) in [7, 11) is 0. The van der Waals surface area contributed by atoms with Crippen LogP contribution in [-0.2, 0) is 9.53 Å². The van der Waals surface area contributed by atoms with Crippen molar-refractivity contribution < 1.29 is 29.1 Å². The number of carbonyl (C=O) groups is 2. The van der Waals surface area contributed by atoms with E-state index in [1.54, 1.807) is 0 Å². The molecule has 0 radical (unpaired) electrons. The minimum atomic E-state index is -0.953. The highest BCUT2D eigenvalue weighted by atomic mass is 16.7. The van der Waals surface area contributed by atoms with Gasteiger partial charge in [-0.15, -0.1) is 0 Å². The summed E-state index contributed by atoms with van der Waals surface area (Å²) in [6, 6.07) is 5.03. The molecule has 1 N–H and O–H groups in total. The van der Waals surface area contributed by atoms with Gasteiger partial charge < -0.3 is 14.6 Å². The number of carbonyl (C=O) groups excluding carboxylic acids is 1. The van der Waals surface area contributed by atoms with Crippen LogP contribution in [0.2, 0.25) is 0 Å². The van der Waals surface area contributed by atoms with Crippen LogP contribution in [0.3, 0.4) is 0 Å². The lowest BCUT2D eigenvalue weighted by molar-refractivity contribution is -0.384. The first-order valence-corrected chi connectivity index (χ1v) is 8.27. The van der Waals surface area contributed by atoms with Gasteiger partial charge in [-0.3, -0.25) is 14.9 Å². The average molecular weight is 353 g/mol. The zero-order chi connectivity index (χ0) is 18.7. The second kappa shape index (κ2) is 11.0. The maximum Gasteiger partial charge on any atom is 0.514 e. The smallest absolute Gasteiger partial charge is 0.481 e. The van der Waals surface area contributed by atoms with Crippen LogP contribution in [0.1, 0.15) is 51.9 Å². The summed E-state index contributed by atoms with van der Waals surface area (Å²) in [4.78, 5) is 32.6. The number of carboxylic acids is 1. The molecule has 138 valence electrons. The number of non-ortho nitro benzene ring substituents is 1. The average Bonchev–Trinajstić information content (AvgIpc) is 2.56. The quantitative estimate of drug-likeness (QED) is 0.207. The summed E-state index contributed by atoms with van der Waals surface area (Å²) in [5, 5.41) is 19.4. The predicted molar refractivity (Wildman–Crippen MR) is 89.6 cm³/mol. The van der Waals surface area contributed by atoms with E-state index in [4.69, 9.17) is 14.6 Å². The summed E-state index contributed by atoms with van der Waals surface area (Å²) in [5.74, 6) is -0.829. The van der Waals surface area contributed by atoms with Crippen LogP contribution < -0.4 is 4.74 Å². The fraction of sp³-hybridized carbons (Fsp3) is 0.529. The number of nitro benzene ring substituents is 1. The molecule has 0 spiro atoms. The number of nitro groups is 1. The van der Waals surface area contributed by atoms with Gasteiger partial charge in [0.1, 0.15) is 11.9 Å². The summed E-state index contributed by atoms with van der Waals surface area (Å²) in [6.45, 7) is 2.08. The van der Waals surface area contributed by atoms with Gasteiger partial charge in [0.25, 0.3) is 5.69 Å². The maximum absolute atomic E-state index is 11.8. The van der Waals surface area contributed by atoms with Crippen LogP contribution in [0.25, 0.3) is 0 Å². The molecule has 8 nitrogen and oxygen atoms in total. The van der Waals surface area contributed by atoms with Crippen LogP contribution in [0, 0.1) is 10.1 Å². The lowest BCUT2D eigenvalue weighted by atomic mass is 10.1. The largest absolute Gasteiger partial charge is 0.514 e. The fourth-order valence-electron chi connectivity index (χ4n) is 2.24. The van der Waals surface area contributed by atoms with Gasteiger partial charge in [0.2, 0.25) is 0 Å². The first kappa shape index (κ1) is 20.4. The Morgan fingerprint density at radius 1 is 1.16 bits per heavy atom. The van der Waals surface area contributed by atoms with Gasteiger partial charge >= 0.3 is 12.1 Å². The summed E-state index contributed by atoms with van der Waals surface area (Å²) in [5.41, 5.74) is -0.115. The van der Waals surface area contributed by atoms with Crippen LogP contribution >= 0.6 is 0 Å². The van der Waals surface area contributed by atoms with Crippen LogP contribution in [0.4, 0.5) is 10.5 Å². The third kappa shape index (κ3) is 8.69. The molecule has 1 unspecified atom stereocenters. The van der Waals surface area contributed by atoms with Gasteiger partial charge in [-0.1, -0.05) is 26.2 Å². The molecule has 0 heterocycles. The summed E-state index contributed by atoms with van der Waals surface area (Å²) in [6.07, 6.45) is 3.19. The maximum atomic E-state index is 11.8. The molecular formula is C17H23NO7. The Hall–Kier alpha value is -2.64. The normalized spacial score (nSPS) is 11.6. The van der Waals surface area contributed by atoms with E-state index in [0.717, 1.165) is 25.7 Å². The fourth-order valence-corrected chi connectivity index (χ4v) is 2.24. The number of ether oxygens (including phenoxy) is 2. The van der Waals surface area contributed by atoms with Crippen molar-refractivity contribution in [2.75, 3.05) is 0 Å². The molecular weight excluding hydrogens is 330 g/mol. The van der Waals surface area contributed by atoms with E-state index in [1.807, 2.05) is 0 Å². The van der Waals surface area contributed by atoms with Gasteiger partial charge in [0.15, 0.2) is 0 Å². The molecule has 0 aromatic heterocycles. The molecule has 0 fully saturated rings. The SMILES string of the molecule is CCCCCCC(CCC(=O)O)OC(=O)Oc1ccc([N+](=O)[O-])cc1. The van der Waals surface area contributed by atoms with Crippen LogP contribution in [0.15, 0.2) is 24.3 Å². The van der Waals surface area contributed by atoms with Gasteiger partial charge in [0.05, 0.1) is 4.92 Å². The molecule has 0 bridgehead atoms. The molecule has 1 aromatic carbocycles. The Morgan fingerprint density at radius 2 is 1.84 bits per heavy atom. The number of hydrogen-bond donors (Lipinski definition) is 1. The van der Waals surface area contributed by atoms with Crippen molar-refractivity contribution >= 4 is 17.8 Å². The predicted octanol–water partition coefficient (Wildman–Crippen LogP) is 4.31. The first-order chi connectivity index (χ1) is 11.9. The number of nitrogens with zero attached hydrogens (tertiary/aromatic N) is 1. The van der Waals surface area contributed by atoms with Crippen LogP contribution in [-0.4, -0.2) is 28.3 Å². The number of hydrogen-bond acceptors (Lipinski definition) is 6. The van der Waals surface area contributed by atoms with Crippen molar-refractivity contribution in [2.24, 2.45) is 0 Å². The highest BCUT2D eigenvalue weighted by Gasteiger charge is 2.18. The molecule has 1 aromatic rings. The monoisotopic (exact) mass is 353 g/mol. The Morgan fingerprint density at radius 3 is 2.40 bits per heavy atom. The standard InChI is InChI=1S/C17H23NO7/c1-2-3-4-5-6-14(11-12-16(19)20)24-17(21)25-15-9-7-13(8-10-15)18(22)23/h7-10,14H,2-6,11-12H2,1H3,(H,19,20). The number of unbranched alkanes of at least 4 members (excludes halogenated alkanes) is 3. The van der Waals surface area contributed by atoms with E-state index in [2.05, 4.69) is 6.92 Å². The third-order valence-corrected chi connectivity index (χ3v) is 3.57. The molecule has 0 saturated heterocycles. The van der Waals surface area contributed by atoms with Gasteiger partial charge in [0, 0.05) is 18.6 Å². The van der Waals surface area contributed by atoms with E-state index >= 15 is 0 Å². The minimum Gasteiger partial charge on any atom is -0.481 e. The van der Waals surface area contributed by atoms with E-state index in [9.17, 15) is 19.7 Å². The molecule has 0 aliphatic rings. The first-order valence-electron chi connectivity index (χ1n) is 8.27. The van der Waals surface area contributed by atoms with Crippen LogP contribution in [0.5, 0.6) is 5.75 Å². The molecule has 0 amide bonds. The minimum absolute atomic E-state index is 0.0940. The van der Waals surface area contributed by atoms with Crippen molar-refractivity contribution in [1.82, 2.24) is 0 Å². The number of carboxylic acid groups (broad SMARTS) is 1. The second-order valence-electron chi connectivity index (χ2n) is 5.62. The highest BCUT2D eigenvalue weighted by Crippen LogP contribution is 2.19. The van der Waals surface area contributed by atoms with Gasteiger partial charge in [-0.05, 0) is 31.4 Å². The van der Waals surface area contributed by atoms with Crippen molar-refractivity contribution in [2.45, 2.75) is 58.0 Å². The molecule has 25 heavy (non-hydrogen) atoms. The number of benzene rings is 1. The zero-order valence-corrected chi connectivity index (χ0v) is 14.2. The molecule has 1 atom stereocenters. The zero-order valence-electron chi connectivity index (χ0n) is 14.2. The summed E-state index contributed by atoms with van der Waals surface area (Å²) < 4.78 is 10.2. The third-order valence-electron chi connectivity index (χ3n) is 3.57. The Bertz CT molecular complexity index is 571. The van der Waals surface area contributed by atoms with Crippen molar-refractivity contribution in [3.8, 4) is 5.75 Å². The Kier molecular flexibility index (Phi) is 8.99. The van der Waals surface area contributed by atoms with E-state index < -0.39 is 23.2 Å². The highest BCUT2D eigenvalue weighted by molar-refractivity contribution is 5.67. The van der Waals surface area contributed by atoms with Gasteiger partial charge in [-0.2, -0.15) is 0 Å². The van der Waals surface area contributed by atoms with Crippen molar-refractivity contribution in [1.29, 1.82) is 0 Å². The topological polar surface area (TPSA) is 116 Å². The lowest BCUT2D eigenvalue weighted by Gasteiger charge is -2.16. The second-order valence-corrected chi connectivity index (χ2v) is 5.62. The van der Waals surface area contributed by atoms with E-state index in [-0.39, 0.29) is 24.3 Å². The number of rotatable bonds is 11. The van der Waals surface area contributed by atoms with E-state index in [0.29, 0.717) is 6.42 Å². The Balaban J connectivity index is 2.53. The molecule has 0 aliphatic carbocycles. The van der Waals surface area contributed by atoms with Gasteiger partial charge in [-0.25, -0.2) is 4.79 Å². The number of aliphatic carboxylic acids is 1. The van der Waals surface area contributed by atoms with E-state index in [1.165, 1.54) is 24.3 Å². The molecule has 1 rings (SSSR count). The van der Waals surface area contributed by atoms with Crippen molar-refractivity contribution in [3.05, 3.63) is 34.4 Å². The molecule has 0 saturated carbocycles. The molecule has 8 heteroatoms. The Labute approximate surface area is 145 Å². The summed E-state index contributed by atoms with van der Waals surface area (Å²) >= 11 is 0. The lowest BCUT2D eigenvalue weighted by Crippen LogP contribution is -2.22.